The van der Waals surface area contributed by atoms with Crippen LogP contribution >= 0.6 is 0 Å². The van der Waals surface area contributed by atoms with Crippen LogP contribution in [0.3, 0.4) is 0 Å². The van der Waals surface area contributed by atoms with Crippen LogP contribution < -0.4 is 5.73 Å². The molecule has 17 heavy (non-hydrogen) atoms. The Kier molecular flexibility index (Phi) is 24.0. The second-order valence-corrected chi connectivity index (χ2v) is 4.42. The maximum Gasteiger partial charge on any atom is 0.0431 e. The normalized spacial score (nSPS) is 9.88. The Hall–Kier alpha value is -0.120. The minimum atomic E-state index is 0.283. The van der Waals surface area contributed by atoms with Gasteiger partial charge in [-0.3, -0.25) is 0 Å². The average Bonchev–Trinajstić information content (AvgIpc) is 2.36. The molecule has 0 aromatic heterocycles. The molecule has 106 valence electrons. The molecular weight excluding hydrogens is 214 g/mol. The van der Waals surface area contributed by atoms with Gasteiger partial charge in [-0.2, -0.15) is 0 Å². The van der Waals surface area contributed by atoms with E-state index in [0.717, 1.165) is 32.2 Å². The zero-order valence-corrected chi connectivity index (χ0v) is 11.7. The predicted octanol–water partition coefficient (Wildman–Crippen LogP) is 2.84. The minimum absolute atomic E-state index is 0.283. The average molecular weight is 247 g/mol. The fourth-order valence-corrected chi connectivity index (χ4v) is 1.50. The number of aliphatic hydroxyl groups is 2. The third-order valence-electron chi connectivity index (χ3n) is 2.62. The van der Waals surface area contributed by atoms with E-state index in [-0.39, 0.29) is 13.2 Å². The van der Waals surface area contributed by atoms with Gasteiger partial charge < -0.3 is 15.9 Å². The van der Waals surface area contributed by atoms with Crippen LogP contribution in [-0.2, 0) is 0 Å². The summed E-state index contributed by atoms with van der Waals surface area (Å²) in [6.45, 7) is 3.67. The highest BCUT2D eigenvalue weighted by Gasteiger charge is 1.86. The van der Waals surface area contributed by atoms with Crippen molar-refractivity contribution in [3.05, 3.63) is 0 Å². The molecule has 0 aliphatic heterocycles. The first-order valence-corrected chi connectivity index (χ1v) is 7.25. The standard InChI is InChI=1S/C8H19N.C6H14O2/c1-2-3-4-5-6-7-8-9;7-5-3-1-2-4-6-8/h2-9H2,1H3;7-8H,1-6H2. The van der Waals surface area contributed by atoms with Crippen molar-refractivity contribution in [3.63, 3.8) is 0 Å². The van der Waals surface area contributed by atoms with Crippen molar-refractivity contribution in [1.82, 2.24) is 0 Å². The van der Waals surface area contributed by atoms with Crippen molar-refractivity contribution < 1.29 is 10.2 Å². The van der Waals surface area contributed by atoms with Crippen LogP contribution in [-0.4, -0.2) is 30.0 Å². The summed E-state index contributed by atoms with van der Waals surface area (Å²) < 4.78 is 0. The molecule has 0 aromatic rings. The fourth-order valence-electron chi connectivity index (χ4n) is 1.50. The van der Waals surface area contributed by atoms with E-state index < -0.39 is 0 Å². The molecule has 0 amide bonds. The Balaban J connectivity index is 0. The van der Waals surface area contributed by atoms with E-state index in [1.54, 1.807) is 0 Å². The van der Waals surface area contributed by atoms with E-state index in [1.807, 2.05) is 0 Å². The quantitative estimate of drug-likeness (QED) is 0.492. The highest BCUT2D eigenvalue weighted by Crippen LogP contribution is 2.03. The molecule has 0 bridgehead atoms. The smallest absolute Gasteiger partial charge is 0.0431 e. The Morgan fingerprint density at radius 3 is 1.47 bits per heavy atom. The minimum Gasteiger partial charge on any atom is -0.396 e. The Labute approximate surface area is 107 Å². The van der Waals surface area contributed by atoms with Gasteiger partial charge in [-0.05, 0) is 25.8 Å². The van der Waals surface area contributed by atoms with Crippen LogP contribution in [0.25, 0.3) is 0 Å². The lowest BCUT2D eigenvalue weighted by Crippen LogP contribution is -1.97. The van der Waals surface area contributed by atoms with Crippen molar-refractivity contribution in [2.45, 2.75) is 71.1 Å². The lowest BCUT2D eigenvalue weighted by Gasteiger charge is -1.96. The molecular formula is C14H33NO2. The molecule has 0 saturated heterocycles. The van der Waals surface area contributed by atoms with Crippen molar-refractivity contribution >= 4 is 0 Å². The molecule has 0 radical (unpaired) electrons. The van der Waals surface area contributed by atoms with Crippen LogP contribution in [0.15, 0.2) is 0 Å². The van der Waals surface area contributed by atoms with Gasteiger partial charge >= 0.3 is 0 Å². The second kappa shape index (κ2) is 21.2. The van der Waals surface area contributed by atoms with Gasteiger partial charge in [0.15, 0.2) is 0 Å². The lowest BCUT2D eigenvalue weighted by atomic mass is 10.1. The molecule has 3 nitrogen and oxygen atoms in total. The van der Waals surface area contributed by atoms with Gasteiger partial charge in [0.25, 0.3) is 0 Å². The number of hydrogen-bond donors (Lipinski definition) is 3. The van der Waals surface area contributed by atoms with Gasteiger partial charge in [-0.15, -0.1) is 0 Å². The monoisotopic (exact) mass is 247 g/mol. The molecule has 0 saturated carbocycles. The van der Waals surface area contributed by atoms with Gasteiger partial charge in [0, 0.05) is 13.2 Å². The first-order valence-electron chi connectivity index (χ1n) is 7.25. The van der Waals surface area contributed by atoms with Gasteiger partial charge in [0.2, 0.25) is 0 Å². The van der Waals surface area contributed by atoms with E-state index in [0.29, 0.717) is 0 Å². The third-order valence-corrected chi connectivity index (χ3v) is 2.62. The Morgan fingerprint density at radius 1 is 0.647 bits per heavy atom. The van der Waals surface area contributed by atoms with E-state index in [2.05, 4.69) is 6.92 Å². The van der Waals surface area contributed by atoms with Crippen LogP contribution in [0.2, 0.25) is 0 Å². The zero-order chi connectivity index (χ0) is 13.2. The summed E-state index contributed by atoms with van der Waals surface area (Å²) in [4.78, 5) is 0. The summed E-state index contributed by atoms with van der Waals surface area (Å²) in [5.41, 5.74) is 5.34. The molecule has 4 N–H and O–H groups in total. The first kappa shape index (κ1) is 19.2. The fraction of sp³-hybridized carbons (Fsp3) is 1.00. The van der Waals surface area contributed by atoms with Crippen LogP contribution in [0.1, 0.15) is 71.1 Å². The maximum absolute atomic E-state index is 8.30. The van der Waals surface area contributed by atoms with Crippen molar-refractivity contribution in [2.24, 2.45) is 5.73 Å². The highest BCUT2D eigenvalue weighted by atomic mass is 16.3. The van der Waals surface area contributed by atoms with E-state index >= 15 is 0 Å². The molecule has 0 spiro atoms. The largest absolute Gasteiger partial charge is 0.396 e. The molecule has 0 aliphatic carbocycles. The van der Waals surface area contributed by atoms with E-state index in [4.69, 9.17) is 15.9 Å². The maximum atomic E-state index is 8.30. The van der Waals surface area contributed by atoms with Gasteiger partial charge in [-0.1, -0.05) is 51.9 Å². The molecule has 0 fully saturated rings. The van der Waals surface area contributed by atoms with Crippen LogP contribution in [0, 0.1) is 0 Å². The molecule has 0 atom stereocenters. The topological polar surface area (TPSA) is 66.5 Å². The van der Waals surface area contributed by atoms with Crippen molar-refractivity contribution in [2.75, 3.05) is 19.8 Å². The van der Waals surface area contributed by atoms with Gasteiger partial charge in [0.1, 0.15) is 0 Å². The van der Waals surface area contributed by atoms with Gasteiger partial charge in [0.05, 0.1) is 0 Å². The summed E-state index contributed by atoms with van der Waals surface area (Å²) in [6, 6.07) is 0. The highest BCUT2D eigenvalue weighted by molar-refractivity contribution is 4.43. The summed E-state index contributed by atoms with van der Waals surface area (Å²) in [6.07, 6.45) is 11.9. The Morgan fingerprint density at radius 2 is 1.06 bits per heavy atom. The summed E-state index contributed by atoms with van der Waals surface area (Å²) in [5, 5.41) is 16.6. The molecule has 0 aromatic carbocycles. The lowest BCUT2D eigenvalue weighted by molar-refractivity contribution is 0.265. The molecule has 0 heterocycles. The molecule has 3 heteroatoms. The number of unbranched alkanes of at least 4 members (excludes halogenated alkanes) is 8. The second-order valence-electron chi connectivity index (χ2n) is 4.42. The number of nitrogens with two attached hydrogens (primary N) is 1. The Bertz CT molecular complexity index is 98.4. The molecule has 0 aliphatic rings. The molecule has 0 unspecified atom stereocenters. The first-order chi connectivity index (χ1) is 8.33. The van der Waals surface area contributed by atoms with Crippen molar-refractivity contribution in [3.8, 4) is 0 Å². The van der Waals surface area contributed by atoms with E-state index in [9.17, 15) is 0 Å². The van der Waals surface area contributed by atoms with Crippen molar-refractivity contribution in [1.29, 1.82) is 0 Å². The summed E-state index contributed by atoms with van der Waals surface area (Å²) in [7, 11) is 0. The van der Waals surface area contributed by atoms with Crippen LogP contribution in [0.5, 0.6) is 0 Å². The number of rotatable bonds is 11. The van der Waals surface area contributed by atoms with Gasteiger partial charge in [-0.25, -0.2) is 0 Å². The summed E-state index contributed by atoms with van der Waals surface area (Å²) in [5.74, 6) is 0. The van der Waals surface area contributed by atoms with Crippen LogP contribution in [0.4, 0.5) is 0 Å². The predicted molar refractivity (Wildman–Crippen MR) is 75.1 cm³/mol. The van der Waals surface area contributed by atoms with E-state index in [1.165, 1.54) is 38.5 Å². The zero-order valence-electron chi connectivity index (χ0n) is 11.7. The SMILES string of the molecule is CCCCCCCCN.OCCCCCCO. The summed E-state index contributed by atoms with van der Waals surface area (Å²) >= 11 is 0. The molecule has 0 rings (SSSR count). The number of aliphatic hydroxyl groups excluding tert-OH is 2. The number of hydrogen-bond acceptors (Lipinski definition) is 3. The third kappa shape index (κ3) is 25.8.